The molecule has 16 heavy (non-hydrogen) atoms. The summed E-state index contributed by atoms with van der Waals surface area (Å²) in [5.41, 5.74) is 2.85. The molecule has 0 heterocycles. The molecule has 0 N–H and O–H groups in total. The van der Waals surface area contributed by atoms with Crippen LogP contribution >= 0.6 is 0 Å². The first kappa shape index (κ1) is 10.9. The van der Waals surface area contributed by atoms with E-state index in [1.807, 2.05) is 30.4 Å². The second kappa shape index (κ2) is 4.93. The molecular formula is C15H16O. The van der Waals surface area contributed by atoms with Gasteiger partial charge in [-0.25, -0.2) is 0 Å². The van der Waals surface area contributed by atoms with Gasteiger partial charge in [-0.3, -0.25) is 4.79 Å². The van der Waals surface area contributed by atoms with Crippen LogP contribution in [0.5, 0.6) is 0 Å². The normalized spacial score (nSPS) is 14.7. The average molecular weight is 212 g/mol. The van der Waals surface area contributed by atoms with Crippen LogP contribution in [0, 0.1) is 0 Å². The molecular weight excluding hydrogens is 196 g/mol. The molecule has 0 saturated carbocycles. The summed E-state index contributed by atoms with van der Waals surface area (Å²) < 4.78 is 0. The lowest BCUT2D eigenvalue weighted by Gasteiger charge is -2.07. The third kappa shape index (κ3) is 2.30. The van der Waals surface area contributed by atoms with Gasteiger partial charge in [0.1, 0.15) is 0 Å². The topological polar surface area (TPSA) is 17.1 Å². The van der Waals surface area contributed by atoms with E-state index in [2.05, 4.69) is 19.1 Å². The van der Waals surface area contributed by atoms with E-state index in [1.54, 1.807) is 0 Å². The highest BCUT2D eigenvalue weighted by Crippen LogP contribution is 2.16. The van der Waals surface area contributed by atoms with Crippen LogP contribution in [0.15, 0.2) is 48.1 Å². The van der Waals surface area contributed by atoms with Gasteiger partial charge in [0.2, 0.25) is 0 Å². The summed E-state index contributed by atoms with van der Waals surface area (Å²) in [6.07, 6.45) is 9.02. The highest BCUT2D eigenvalue weighted by molar-refractivity contribution is 6.10. The number of Topliss-reactive ketones (excluding diaryl/α,β-unsaturated/α-hetero) is 1. The van der Waals surface area contributed by atoms with E-state index in [-0.39, 0.29) is 5.78 Å². The van der Waals surface area contributed by atoms with E-state index in [4.69, 9.17) is 0 Å². The quantitative estimate of drug-likeness (QED) is 0.698. The number of ketones is 1. The molecule has 1 nitrogen and oxygen atoms in total. The zero-order valence-corrected chi connectivity index (χ0v) is 9.57. The van der Waals surface area contributed by atoms with Crippen molar-refractivity contribution in [2.24, 2.45) is 0 Å². The molecule has 0 amide bonds. The molecule has 1 aliphatic carbocycles. The fraction of sp³-hybridized carbons (Fsp3) is 0.267. The minimum atomic E-state index is 0.145. The first-order chi connectivity index (χ1) is 7.81. The molecule has 82 valence electrons. The van der Waals surface area contributed by atoms with Crippen molar-refractivity contribution in [3.05, 3.63) is 59.2 Å². The van der Waals surface area contributed by atoms with Gasteiger partial charge in [-0.15, -0.1) is 0 Å². The Hall–Kier alpha value is -1.63. The molecule has 0 aromatic heterocycles. The largest absolute Gasteiger partial charge is 0.289 e. The van der Waals surface area contributed by atoms with E-state index in [9.17, 15) is 4.79 Å². The molecule has 0 saturated heterocycles. The van der Waals surface area contributed by atoms with Gasteiger partial charge in [0.15, 0.2) is 5.78 Å². The zero-order valence-electron chi connectivity index (χ0n) is 9.57. The molecule has 0 aliphatic heterocycles. The lowest BCUT2D eigenvalue weighted by Crippen LogP contribution is -2.03. The summed E-state index contributed by atoms with van der Waals surface area (Å²) in [5.74, 6) is 0.145. The van der Waals surface area contributed by atoms with Crippen molar-refractivity contribution in [2.45, 2.75) is 26.2 Å². The maximum atomic E-state index is 12.1. The number of allylic oxidation sites excluding steroid dienone is 4. The number of benzene rings is 1. The first-order valence-corrected chi connectivity index (χ1v) is 5.81. The third-order valence-electron chi connectivity index (χ3n) is 2.85. The molecule has 1 heteroatoms. The van der Waals surface area contributed by atoms with Crippen molar-refractivity contribution < 1.29 is 4.79 Å². The Morgan fingerprint density at radius 1 is 1.31 bits per heavy atom. The Balaban J connectivity index is 2.26. The van der Waals surface area contributed by atoms with Gasteiger partial charge in [0, 0.05) is 11.1 Å². The van der Waals surface area contributed by atoms with Crippen LogP contribution in [0.2, 0.25) is 0 Å². The van der Waals surface area contributed by atoms with Crippen molar-refractivity contribution in [2.75, 3.05) is 0 Å². The van der Waals surface area contributed by atoms with Gasteiger partial charge in [0.25, 0.3) is 0 Å². The molecule has 2 rings (SSSR count). The van der Waals surface area contributed by atoms with Crippen LogP contribution in [-0.2, 0) is 6.42 Å². The summed E-state index contributed by atoms with van der Waals surface area (Å²) in [7, 11) is 0. The Bertz CT molecular complexity index is 452. The fourth-order valence-corrected chi connectivity index (χ4v) is 1.88. The molecule has 0 fully saturated rings. The molecule has 0 atom stereocenters. The lowest BCUT2D eigenvalue weighted by molar-refractivity contribution is 0.103. The minimum Gasteiger partial charge on any atom is -0.289 e. The van der Waals surface area contributed by atoms with E-state index < -0.39 is 0 Å². The standard InChI is InChI=1S/C15H16O/c1-2-12-7-6-10-14(11-12)15(16)13-8-4-3-5-9-13/h4,6-11H,2-3,5H2,1H3. The number of carbonyl (C=O) groups excluding carboxylic acids is 1. The Morgan fingerprint density at radius 3 is 2.88 bits per heavy atom. The third-order valence-corrected chi connectivity index (χ3v) is 2.85. The molecule has 0 bridgehead atoms. The van der Waals surface area contributed by atoms with Gasteiger partial charge in [-0.1, -0.05) is 43.4 Å². The number of rotatable bonds is 3. The number of hydrogen-bond donors (Lipinski definition) is 0. The van der Waals surface area contributed by atoms with Gasteiger partial charge in [0.05, 0.1) is 0 Å². The van der Waals surface area contributed by atoms with Crippen LogP contribution < -0.4 is 0 Å². The molecule has 1 aliphatic rings. The Kier molecular flexibility index (Phi) is 3.35. The lowest BCUT2D eigenvalue weighted by atomic mass is 9.97. The van der Waals surface area contributed by atoms with Crippen LogP contribution in [0.25, 0.3) is 0 Å². The number of hydrogen-bond acceptors (Lipinski definition) is 1. The van der Waals surface area contributed by atoms with Gasteiger partial charge >= 0.3 is 0 Å². The smallest absolute Gasteiger partial charge is 0.192 e. The van der Waals surface area contributed by atoms with E-state index >= 15 is 0 Å². The predicted molar refractivity (Wildman–Crippen MR) is 66.6 cm³/mol. The summed E-state index contributed by atoms with van der Waals surface area (Å²) in [6.45, 7) is 2.10. The average Bonchev–Trinajstić information content (AvgIpc) is 2.39. The summed E-state index contributed by atoms with van der Waals surface area (Å²) >= 11 is 0. The van der Waals surface area contributed by atoms with Gasteiger partial charge in [-0.05, 0) is 30.9 Å². The number of aryl methyl sites for hydroxylation is 1. The number of carbonyl (C=O) groups is 1. The van der Waals surface area contributed by atoms with Gasteiger partial charge in [-0.2, -0.15) is 0 Å². The fourth-order valence-electron chi connectivity index (χ4n) is 1.88. The maximum absolute atomic E-state index is 12.1. The van der Waals surface area contributed by atoms with Crippen molar-refractivity contribution in [1.82, 2.24) is 0 Å². The minimum absolute atomic E-state index is 0.145. The van der Waals surface area contributed by atoms with E-state index in [0.29, 0.717) is 0 Å². The monoisotopic (exact) mass is 212 g/mol. The highest BCUT2D eigenvalue weighted by Gasteiger charge is 2.11. The predicted octanol–water partition coefficient (Wildman–Crippen LogP) is 3.71. The van der Waals surface area contributed by atoms with E-state index in [1.165, 1.54) is 5.56 Å². The zero-order chi connectivity index (χ0) is 11.4. The summed E-state index contributed by atoms with van der Waals surface area (Å²) in [6, 6.07) is 7.90. The molecule has 0 unspecified atom stereocenters. The Labute approximate surface area is 96.5 Å². The highest BCUT2D eigenvalue weighted by atomic mass is 16.1. The maximum Gasteiger partial charge on any atom is 0.192 e. The molecule has 0 spiro atoms. The van der Waals surface area contributed by atoms with Gasteiger partial charge < -0.3 is 0 Å². The van der Waals surface area contributed by atoms with Crippen LogP contribution in [-0.4, -0.2) is 5.78 Å². The molecule has 0 radical (unpaired) electrons. The SMILES string of the molecule is CCc1cccc(C(=O)C2=CCCC=C2)c1. The first-order valence-electron chi connectivity index (χ1n) is 5.81. The Morgan fingerprint density at radius 2 is 2.19 bits per heavy atom. The summed E-state index contributed by atoms with van der Waals surface area (Å²) in [5, 5.41) is 0. The van der Waals surface area contributed by atoms with Crippen LogP contribution in [0.3, 0.4) is 0 Å². The second-order valence-electron chi connectivity index (χ2n) is 4.02. The van der Waals surface area contributed by atoms with Crippen molar-refractivity contribution in [1.29, 1.82) is 0 Å². The van der Waals surface area contributed by atoms with E-state index in [0.717, 1.165) is 30.4 Å². The summed E-state index contributed by atoms with van der Waals surface area (Å²) in [4.78, 5) is 12.1. The second-order valence-corrected chi connectivity index (χ2v) is 4.02. The molecule has 1 aromatic carbocycles. The van der Waals surface area contributed by atoms with Crippen molar-refractivity contribution in [3.63, 3.8) is 0 Å². The van der Waals surface area contributed by atoms with Crippen molar-refractivity contribution in [3.8, 4) is 0 Å². The molecule has 1 aromatic rings. The van der Waals surface area contributed by atoms with Crippen LogP contribution in [0.1, 0.15) is 35.7 Å². The van der Waals surface area contributed by atoms with Crippen molar-refractivity contribution >= 4 is 5.78 Å². The van der Waals surface area contributed by atoms with Crippen LogP contribution in [0.4, 0.5) is 0 Å².